The average molecular weight is 464 g/mol. The summed E-state index contributed by atoms with van der Waals surface area (Å²) in [5.41, 5.74) is 3.44. The van der Waals surface area contributed by atoms with Gasteiger partial charge in [-0.1, -0.05) is 11.6 Å². The van der Waals surface area contributed by atoms with E-state index in [0.29, 0.717) is 24.4 Å². The molecule has 158 valence electrons. The first-order valence-corrected chi connectivity index (χ1v) is 9.96. The summed E-state index contributed by atoms with van der Waals surface area (Å²) in [6.07, 6.45) is -3.28. The minimum Gasteiger partial charge on any atom is -0.384 e. The van der Waals surface area contributed by atoms with Crippen molar-refractivity contribution < 1.29 is 30.4 Å². The summed E-state index contributed by atoms with van der Waals surface area (Å²) in [4.78, 5) is 6.16. The second-order valence-electron chi connectivity index (χ2n) is 6.10. The van der Waals surface area contributed by atoms with E-state index in [9.17, 15) is 30.4 Å². The zero-order valence-electron chi connectivity index (χ0n) is 14.7. The molecule has 2 N–H and O–H groups in total. The van der Waals surface area contributed by atoms with Gasteiger partial charge in [-0.2, -0.15) is 13.2 Å². The molecule has 0 amide bonds. The topological polar surface area (TPSA) is 85.9 Å². The molecule has 30 heavy (non-hydrogen) atoms. The average Bonchev–Trinajstić information content (AvgIpc) is 2.67. The molecule has 3 aromatic rings. The number of aromatic nitrogens is 2. The number of nitrogen functional groups attached to an aromatic ring is 1. The van der Waals surface area contributed by atoms with Crippen molar-refractivity contribution in [1.29, 1.82) is 0 Å². The largest absolute Gasteiger partial charge is 0.433 e. The van der Waals surface area contributed by atoms with Crippen LogP contribution in [0.1, 0.15) is 22.1 Å². The second kappa shape index (κ2) is 7.80. The third kappa shape index (κ3) is 4.21. The Morgan fingerprint density at radius 2 is 1.67 bits per heavy atom. The molecule has 0 fully saturated rings. The van der Waals surface area contributed by atoms with Crippen LogP contribution in [0.25, 0.3) is 0 Å². The molecule has 0 aliphatic carbocycles. The molecule has 1 atom stereocenters. The van der Waals surface area contributed by atoms with Gasteiger partial charge in [0.1, 0.15) is 28.4 Å². The maximum atomic E-state index is 14.5. The van der Waals surface area contributed by atoms with Crippen molar-refractivity contribution in [3.05, 3.63) is 82.3 Å². The predicted octanol–water partition coefficient (Wildman–Crippen LogP) is 4.57. The second-order valence-corrected chi connectivity index (χ2v) is 8.54. The molecule has 0 bridgehead atoms. The van der Waals surface area contributed by atoms with Crippen LogP contribution in [0.15, 0.2) is 53.7 Å². The van der Waals surface area contributed by atoms with Gasteiger partial charge >= 0.3 is 6.18 Å². The van der Waals surface area contributed by atoms with Gasteiger partial charge in [0.25, 0.3) is 0 Å². The van der Waals surface area contributed by atoms with Crippen LogP contribution in [0.5, 0.6) is 0 Å². The Morgan fingerprint density at radius 3 is 2.27 bits per heavy atom. The molecule has 5 nitrogen and oxygen atoms in total. The highest BCUT2D eigenvalue weighted by atomic mass is 35.5. The van der Waals surface area contributed by atoms with E-state index in [-0.39, 0.29) is 16.4 Å². The summed E-state index contributed by atoms with van der Waals surface area (Å²) in [7, 11) is -4.65. The summed E-state index contributed by atoms with van der Waals surface area (Å²) in [5, 5.41) is -2.15. The molecular formula is C18H11ClF5N3O2S. The fourth-order valence-corrected chi connectivity index (χ4v) is 4.79. The highest BCUT2D eigenvalue weighted by Crippen LogP contribution is 2.40. The van der Waals surface area contributed by atoms with Crippen molar-refractivity contribution in [2.75, 3.05) is 5.73 Å². The monoisotopic (exact) mass is 463 g/mol. The first-order valence-electron chi connectivity index (χ1n) is 8.04. The molecular weight excluding hydrogens is 453 g/mol. The molecule has 12 heteroatoms. The third-order valence-corrected chi connectivity index (χ3v) is 6.44. The lowest BCUT2D eigenvalue weighted by molar-refractivity contribution is -0.141. The van der Waals surface area contributed by atoms with Crippen molar-refractivity contribution in [1.82, 2.24) is 9.97 Å². The summed E-state index contributed by atoms with van der Waals surface area (Å²) in [6.45, 7) is 0. The Labute approximate surface area is 172 Å². The van der Waals surface area contributed by atoms with Crippen LogP contribution in [0.2, 0.25) is 5.02 Å². The van der Waals surface area contributed by atoms with Gasteiger partial charge in [0, 0.05) is 18.0 Å². The molecule has 0 radical (unpaired) electrons. The van der Waals surface area contributed by atoms with E-state index in [1.165, 1.54) is 0 Å². The van der Waals surface area contributed by atoms with Crippen LogP contribution >= 0.6 is 11.6 Å². The van der Waals surface area contributed by atoms with Crippen LogP contribution < -0.4 is 5.73 Å². The van der Waals surface area contributed by atoms with Gasteiger partial charge in [-0.05, 0) is 42.0 Å². The minimum atomic E-state index is -4.79. The Hall–Kier alpha value is -2.79. The van der Waals surface area contributed by atoms with Crippen molar-refractivity contribution >= 4 is 27.3 Å². The normalized spacial score (nSPS) is 13.3. The van der Waals surface area contributed by atoms with Gasteiger partial charge in [-0.3, -0.25) is 4.98 Å². The molecule has 0 spiro atoms. The summed E-state index contributed by atoms with van der Waals surface area (Å²) in [5.74, 6) is -2.16. The summed E-state index contributed by atoms with van der Waals surface area (Å²) >= 11 is 6.05. The van der Waals surface area contributed by atoms with Gasteiger partial charge in [0.05, 0.1) is 9.92 Å². The van der Waals surface area contributed by atoms with Crippen molar-refractivity contribution in [3.8, 4) is 0 Å². The van der Waals surface area contributed by atoms with E-state index in [4.69, 9.17) is 17.3 Å². The number of hydrogen-bond acceptors (Lipinski definition) is 5. The number of benzene rings is 1. The number of halogens is 6. The number of nitrogens with zero attached hydrogens (tertiary/aromatic N) is 2. The predicted molar refractivity (Wildman–Crippen MR) is 98.3 cm³/mol. The van der Waals surface area contributed by atoms with Crippen LogP contribution in [-0.4, -0.2) is 18.4 Å². The summed E-state index contributed by atoms with van der Waals surface area (Å²) < 4.78 is 93.2. The van der Waals surface area contributed by atoms with E-state index in [1.54, 1.807) is 0 Å². The molecule has 2 heterocycles. The molecule has 2 aromatic heterocycles. The number of nitrogens with two attached hydrogens (primary N) is 1. The summed E-state index contributed by atoms with van der Waals surface area (Å²) in [6, 6.07) is 4.36. The number of hydrogen-bond donors (Lipinski definition) is 1. The van der Waals surface area contributed by atoms with E-state index in [2.05, 4.69) is 9.97 Å². The van der Waals surface area contributed by atoms with Crippen LogP contribution in [0.3, 0.4) is 0 Å². The van der Waals surface area contributed by atoms with E-state index >= 15 is 0 Å². The SMILES string of the molecule is Nc1cc(C(c2cc(F)ccc2F)S(=O)(=O)c2ccc(C(F)(F)F)nc2)c(Cl)cn1. The van der Waals surface area contributed by atoms with E-state index in [0.717, 1.165) is 24.4 Å². The number of sulfone groups is 1. The Morgan fingerprint density at radius 1 is 0.967 bits per heavy atom. The van der Waals surface area contributed by atoms with Gasteiger partial charge in [0.15, 0.2) is 9.84 Å². The smallest absolute Gasteiger partial charge is 0.384 e. The lowest BCUT2D eigenvalue weighted by Gasteiger charge is -2.21. The molecule has 0 aliphatic rings. The van der Waals surface area contributed by atoms with Gasteiger partial charge < -0.3 is 5.73 Å². The van der Waals surface area contributed by atoms with Gasteiger partial charge in [-0.15, -0.1) is 0 Å². The van der Waals surface area contributed by atoms with Crippen molar-refractivity contribution in [2.45, 2.75) is 16.3 Å². The Kier molecular flexibility index (Phi) is 5.70. The number of anilines is 1. The first-order chi connectivity index (χ1) is 13.9. The molecule has 0 aliphatic heterocycles. The van der Waals surface area contributed by atoms with Crippen LogP contribution in [0, 0.1) is 11.6 Å². The third-order valence-electron chi connectivity index (χ3n) is 4.09. The highest BCUT2D eigenvalue weighted by molar-refractivity contribution is 7.92. The fraction of sp³-hybridized carbons (Fsp3) is 0.111. The maximum Gasteiger partial charge on any atom is 0.433 e. The van der Waals surface area contributed by atoms with Gasteiger partial charge in [0.2, 0.25) is 0 Å². The number of pyridine rings is 2. The zero-order chi connectivity index (χ0) is 22.3. The van der Waals surface area contributed by atoms with Crippen molar-refractivity contribution in [3.63, 3.8) is 0 Å². The molecule has 0 saturated carbocycles. The Bertz CT molecular complexity index is 1150. The number of alkyl halides is 3. The van der Waals surface area contributed by atoms with Gasteiger partial charge in [-0.25, -0.2) is 22.2 Å². The van der Waals surface area contributed by atoms with E-state index in [1.807, 2.05) is 0 Å². The molecule has 3 rings (SSSR count). The first kappa shape index (κ1) is 21.9. The highest BCUT2D eigenvalue weighted by Gasteiger charge is 2.37. The Balaban J connectivity index is 2.26. The minimum absolute atomic E-state index is 0.156. The lowest BCUT2D eigenvalue weighted by Crippen LogP contribution is -2.19. The van der Waals surface area contributed by atoms with Crippen LogP contribution in [-0.2, 0) is 16.0 Å². The number of rotatable bonds is 4. The van der Waals surface area contributed by atoms with E-state index < -0.39 is 49.1 Å². The fourth-order valence-electron chi connectivity index (χ4n) is 2.74. The zero-order valence-corrected chi connectivity index (χ0v) is 16.2. The standard InChI is InChI=1S/C18H11ClF5N3O2S/c19-13-8-27-16(25)6-11(13)17(12-5-9(20)1-3-14(12)21)30(28,29)10-2-4-15(26-7-10)18(22,23)24/h1-8,17H,(H2,25,27). The van der Waals surface area contributed by atoms with Crippen LogP contribution in [0.4, 0.5) is 27.8 Å². The molecule has 0 saturated heterocycles. The maximum absolute atomic E-state index is 14.5. The quantitative estimate of drug-likeness (QED) is 0.573. The lowest BCUT2D eigenvalue weighted by atomic mass is 10.0. The molecule has 1 unspecified atom stereocenters. The van der Waals surface area contributed by atoms with Crippen molar-refractivity contribution in [2.24, 2.45) is 0 Å². The molecule has 1 aromatic carbocycles.